The van der Waals surface area contributed by atoms with E-state index in [4.69, 9.17) is 15.2 Å². The van der Waals surface area contributed by atoms with Gasteiger partial charge in [0, 0.05) is 17.8 Å². The van der Waals surface area contributed by atoms with E-state index in [0.29, 0.717) is 11.5 Å². The standard InChI is InChI=1S/C20H29FN4O/c1-5-24(6-2)20-14-19(23-25(20)16(4)13-15(3)22)17-7-9-18(10-8-17)26-12-11-21/h7-10,13,20,22H,5-6,11-12,14H2,1-4H3/b16-13-,22-15?. The molecule has 5 nitrogen and oxygen atoms in total. The van der Waals surface area contributed by atoms with Gasteiger partial charge in [-0.1, -0.05) is 13.8 Å². The lowest BCUT2D eigenvalue weighted by molar-refractivity contribution is 0.0978. The minimum absolute atomic E-state index is 0.0745. The smallest absolute Gasteiger partial charge is 0.123 e. The fourth-order valence-electron chi connectivity index (χ4n) is 3.19. The number of hydrogen-bond acceptors (Lipinski definition) is 5. The molecule has 142 valence electrons. The Balaban J connectivity index is 2.26. The van der Waals surface area contributed by atoms with Crippen LogP contribution in [0.5, 0.6) is 5.75 Å². The van der Waals surface area contributed by atoms with Crippen molar-refractivity contribution in [3.8, 4) is 5.75 Å². The van der Waals surface area contributed by atoms with Crippen LogP contribution in [0.4, 0.5) is 4.39 Å². The molecule has 1 unspecified atom stereocenters. The summed E-state index contributed by atoms with van der Waals surface area (Å²) >= 11 is 0. The van der Waals surface area contributed by atoms with Crippen LogP contribution in [0.1, 0.15) is 39.7 Å². The third kappa shape index (κ3) is 4.91. The van der Waals surface area contributed by atoms with Gasteiger partial charge in [-0.25, -0.2) is 4.39 Å². The van der Waals surface area contributed by atoms with Crippen molar-refractivity contribution in [3.63, 3.8) is 0 Å². The molecule has 0 aromatic heterocycles. The summed E-state index contributed by atoms with van der Waals surface area (Å²) in [6.07, 6.45) is 2.81. The number of ether oxygens (including phenoxy) is 1. The molecule has 0 bridgehead atoms. The van der Waals surface area contributed by atoms with Crippen LogP contribution in [0.3, 0.4) is 0 Å². The number of rotatable bonds is 9. The topological polar surface area (TPSA) is 51.9 Å². The van der Waals surface area contributed by atoms with Crippen LogP contribution < -0.4 is 4.74 Å². The molecular formula is C20H29FN4O. The quantitative estimate of drug-likeness (QED) is 0.676. The van der Waals surface area contributed by atoms with Crippen molar-refractivity contribution in [2.24, 2.45) is 5.10 Å². The molecule has 1 N–H and O–H groups in total. The Bertz CT molecular complexity index is 665. The maximum absolute atomic E-state index is 12.2. The molecule has 0 saturated heterocycles. The fourth-order valence-corrected chi connectivity index (χ4v) is 3.19. The lowest BCUT2D eigenvalue weighted by Gasteiger charge is -2.33. The molecule has 1 aromatic rings. The van der Waals surface area contributed by atoms with Crippen molar-refractivity contribution in [1.29, 1.82) is 5.41 Å². The number of allylic oxidation sites excluding steroid dienone is 2. The van der Waals surface area contributed by atoms with E-state index in [-0.39, 0.29) is 12.8 Å². The van der Waals surface area contributed by atoms with Crippen molar-refractivity contribution in [2.45, 2.75) is 40.3 Å². The van der Waals surface area contributed by atoms with Gasteiger partial charge in [0.15, 0.2) is 0 Å². The molecule has 0 radical (unpaired) electrons. The van der Waals surface area contributed by atoms with Gasteiger partial charge in [-0.05, 0) is 62.8 Å². The van der Waals surface area contributed by atoms with Crippen molar-refractivity contribution in [3.05, 3.63) is 41.6 Å². The summed E-state index contributed by atoms with van der Waals surface area (Å²) in [5, 5.41) is 14.6. The molecule has 1 aliphatic heterocycles. The van der Waals surface area contributed by atoms with Crippen LogP contribution in [0.25, 0.3) is 0 Å². The number of nitrogens with zero attached hydrogens (tertiary/aromatic N) is 3. The average molecular weight is 360 g/mol. The van der Waals surface area contributed by atoms with Gasteiger partial charge in [-0.15, -0.1) is 0 Å². The molecule has 2 rings (SSSR count). The summed E-state index contributed by atoms with van der Waals surface area (Å²) < 4.78 is 17.5. The maximum Gasteiger partial charge on any atom is 0.123 e. The summed E-state index contributed by atoms with van der Waals surface area (Å²) in [7, 11) is 0. The molecule has 0 spiro atoms. The van der Waals surface area contributed by atoms with Gasteiger partial charge in [-0.3, -0.25) is 9.91 Å². The van der Waals surface area contributed by atoms with E-state index >= 15 is 0 Å². The van der Waals surface area contributed by atoms with E-state index in [1.54, 1.807) is 6.92 Å². The first-order valence-corrected chi connectivity index (χ1v) is 9.13. The predicted octanol–water partition coefficient (Wildman–Crippen LogP) is 4.06. The highest BCUT2D eigenvalue weighted by Crippen LogP contribution is 2.27. The van der Waals surface area contributed by atoms with E-state index in [9.17, 15) is 4.39 Å². The number of hydrogen-bond donors (Lipinski definition) is 1. The van der Waals surface area contributed by atoms with Crippen molar-refractivity contribution in [2.75, 3.05) is 26.4 Å². The van der Waals surface area contributed by atoms with Gasteiger partial charge in [0.2, 0.25) is 0 Å². The van der Waals surface area contributed by atoms with Gasteiger partial charge >= 0.3 is 0 Å². The largest absolute Gasteiger partial charge is 0.491 e. The van der Waals surface area contributed by atoms with E-state index < -0.39 is 6.67 Å². The summed E-state index contributed by atoms with van der Waals surface area (Å²) in [6, 6.07) is 7.65. The van der Waals surface area contributed by atoms with E-state index in [1.165, 1.54) is 0 Å². The van der Waals surface area contributed by atoms with Crippen LogP contribution >= 0.6 is 0 Å². The van der Waals surface area contributed by atoms with Gasteiger partial charge in [0.05, 0.1) is 5.71 Å². The summed E-state index contributed by atoms with van der Waals surface area (Å²) in [5.74, 6) is 0.664. The average Bonchev–Trinajstić information content (AvgIpc) is 3.06. The SMILES string of the molecule is CCN(CC)C1CC(c2ccc(OCCF)cc2)=NN1/C(C)=C\C(C)=N. The van der Waals surface area contributed by atoms with Crippen LogP contribution in [0.15, 0.2) is 41.1 Å². The number of halogens is 1. The molecule has 26 heavy (non-hydrogen) atoms. The number of benzene rings is 1. The Kier molecular flexibility index (Phi) is 7.33. The Morgan fingerprint density at radius 1 is 1.31 bits per heavy atom. The predicted molar refractivity (Wildman–Crippen MR) is 105 cm³/mol. The molecule has 0 amide bonds. The highest BCUT2D eigenvalue weighted by atomic mass is 19.1. The Hall–Kier alpha value is -2.21. The molecule has 1 atom stereocenters. The van der Waals surface area contributed by atoms with Crippen LogP contribution in [-0.2, 0) is 0 Å². The van der Waals surface area contributed by atoms with Gasteiger partial charge in [0.25, 0.3) is 0 Å². The Morgan fingerprint density at radius 2 is 1.96 bits per heavy atom. The van der Waals surface area contributed by atoms with Gasteiger partial charge in [-0.2, -0.15) is 5.10 Å². The monoisotopic (exact) mass is 360 g/mol. The van der Waals surface area contributed by atoms with E-state index in [2.05, 4.69) is 18.7 Å². The molecular weight excluding hydrogens is 331 g/mol. The number of nitrogens with one attached hydrogen (secondary N) is 1. The fraction of sp³-hybridized carbons (Fsp3) is 0.500. The van der Waals surface area contributed by atoms with E-state index in [0.717, 1.165) is 36.5 Å². The van der Waals surface area contributed by atoms with Crippen LogP contribution in [0.2, 0.25) is 0 Å². The minimum Gasteiger partial charge on any atom is -0.491 e. The van der Waals surface area contributed by atoms with Crippen molar-refractivity contribution >= 4 is 11.4 Å². The molecule has 1 aromatic carbocycles. The number of hydrazone groups is 1. The molecule has 1 heterocycles. The van der Waals surface area contributed by atoms with Crippen LogP contribution in [0, 0.1) is 5.41 Å². The lowest BCUT2D eigenvalue weighted by atomic mass is 10.1. The zero-order valence-corrected chi connectivity index (χ0v) is 16.1. The Morgan fingerprint density at radius 3 is 2.50 bits per heavy atom. The zero-order chi connectivity index (χ0) is 19.1. The number of alkyl halides is 1. The maximum atomic E-state index is 12.2. The normalized spacial score (nSPS) is 17.6. The molecule has 1 aliphatic rings. The Labute approximate surface area is 155 Å². The molecule has 0 saturated carbocycles. The molecule has 0 fully saturated rings. The van der Waals surface area contributed by atoms with Crippen LogP contribution in [-0.4, -0.2) is 53.9 Å². The van der Waals surface area contributed by atoms with E-state index in [1.807, 2.05) is 42.3 Å². The second-order valence-corrected chi connectivity index (χ2v) is 6.33. The first-order valence-electron chi connectivity index (χ1n) is 9.13. The summed E-state index contributed by atoms with van der Waals surface area (Å²) in [4.78, 5) is 2.37. The zero-order valence-electron chi connectivity index (χ0n) is 16.1. The first kappa shape index (κ1) is 20.1. The second kappa shape index (κ2) is 9.48. The van der Waals surface area contributed by atoms with Crippen molar-refractivity contribution in [1.82, 2.24) is 9.91 Å². The van der Waals surface area contributed by atoms with Gasteiger partial charge in [0.1, 0.15) is 25.2 Å². The van der Waals surface area contributed by atoms with Gasteiger partial charge < -0.3 is 10.1 Å². The lowest BCUT2D eigenvalue weighted by Crippen LogP contribution is -2.43. The third-order valence-electron chi connectivity index (χ3n) is 4.44. The highest BCUT2D eigenvalue weighted by Gasteiger charge is 2.31. The first-order chi connectivity index (χ1) is 12.5. The molecule has 0 aliphatic carbocycles. The summed E-state index contributed by atoms with van der Waals surface area (Å²) in [6.45, 7) is 9.52. The summed E-state index contributed by atoms with van der Waals surface area (Å²) in [5.41, 5.74) is 3.53. The highest BCUT2D eigenvalue weighted by molar-refractivity contribution is 6.02. The third-order valence-corrected chi connectivity index (χ3v) is 4.44. The minimum atomic E-state index is -0.493. The second-order valence-electron chi connectivity index (χ2n) is 6.33. The molecule has 6 heteroatoms. The van der Waals surface area contributed by atoms with Crippen molar-refractivity contribution < 1.29 is 9.13 Å².